The maximum Gasteiger partial charge on any atom is 0.416 e. The third-order valence-electron chi connectivity index (χ3n) is 5.55. The Bertz CT molecular complexity index is 1150. The summed E-state index contributed by atoms with van der Waals surface area (Å²) in [5.74, 6) is 1.49. The van der Waals surface area contributed by atoms with Crippen molar-refractivity contribution in [3.05, 3.63) is 65.5 Å². The molecule has 1 aromatic heterocycles. The van der Waals surface area contributed by atoms with Crippen LogP contribution in [0.15, 0.2) is 48.5 Å². The molecule has 34 heavy (non-hydrogen) atoms. The van der Waals surface area contributed by atoms with E-state index in [1.54, 1.807) is 12.0 Å². The summed E-state index contributed by atoms with van der Waals surface area (Å²) in [5.41, 5.74) is 0.359. The largest absolute Gasteiger partial charge is 0.497 e. The van der Waals surface area contributed by atoms with Crippen LogP contribution >= 0.6 is 11.5 Å². The molecule has 1 fully saturated rings. The van der Waals surface area contributed by atoms with E-state index in [1.807, 2.05) is 31.2 Å². The van der Waals surface area contributed by atoms with Crippen LogP contribution in [0.2, 0.25) is 0 Å². The van der Waals surface area contributed by atoms with Crippen molar-refractivity contribution in [2.45, 2.75) is 25.6 Å². The lowest BCUT2D eigenvalue weighted by atomic mass is 10.1. The number of urea groups is 1. The summed E-state index contributed by atoms with van der Waals surface area (Å²) < 4.78 is 48.5. The van der Waals surface area contributed by atoms with Gasteiger partial charge in [0, 0.05) is 49.3 Å². The number of nitrogens with zero attached hydrogens (tertiary/aromatic N) is 4. The molecule has 3 aromatic rings. The van der Waals surface area contributed by atoms with Crippen LogP contribution in [0.1, 0.15) is 23.9 Å². The van der Waals surface area contributed by atoms with Gasteiger partial charge in [0.25, 0.3) is 0 Å². The molecule has 1 aliphatic heterocycles. The van der Waals surface area contributed by atoms with E-state index in [1.165, 1.54) is 23.7 Å². The van der Waals surface area contributed by atoms with E-state index < -0.39 is 17.8 Å². The number of halogens is 3. The number of anilines is 2. The molecule has 1 atom stereocenters. The molecule has 0 bridgehead atoms. The third kappa shape index (κ3) is 5.58. The summed E-state index contributed by atoms with van der Waals surface area (Å²) >= 11 is 1.31. The van der Waals surface area contributed by atoms with Crippen LogP contribution in [-0.4, -0.2) is 53.1 Å². The number of piperazine rings is 1. The van der Waals surface area contributed by atoms with Crippen LogP contribution in [0.4, 0.5) is 28.8 Å². The molecule has 4 rings (SSSR count). The maximum absolute atomic E-state index is 12.9. The lowest BCUT2D eigenvalue weighted by Crippen LogP contribution is -2.55. The van der Waals surface area contributed by atoms with Gasteiger partial charge in [-0.3, -0.25) is 0 Å². The van der Waals surface area contributed by atoms with Gasteiger partial charge in [-0.1, -0.05) is 18.2 Å². The van der Waals surface area contributed by atoms with Gasteiger partial charge >= 0.3 is 12.2 Å². The second-order valence-electron chi connectivity index (χ2n) is 8.02. The van der Waals surface area contributed by atoms with Gasteiger partial charge in [-0.15, -0.1) is 0 Å². The molecule has 0 aliphatic carbocycles. The third-order valence-corrected chi connectivity index (χ3v) is 6.37. The van der Waals surface area contributed by atoms with Gasteiger partial charge in [-0.2, -0.15) is 17.5 Å². The molecular formula is C23H24F3N5O2S. The van der Waals surface area contributed by atoms with Gasteiger partial charge in [-0.25, -0.2) is 9.78 Å². The van der Waals surface area contributed by atoms with Crippen LogP contribution in [0.3, 0.4) is 0 Å². The molecule has 1 aliphatic rings. The second kappa shape index (κ2) is 9.88. The average molecular weight is 492 g/mol. The Hall–Kier alpha value is -3.34. The predicted octanol–water partition coefficient (Wildman–Crippen LogP) is 4.90. The minimum atomic E-state index is -4.47. The van der Waals surface area contributed by atoms with Crippen LogP contribution in [0, 0.1) is 0 Å². The predicted molar refractivity (Wildman–Crippen MR) is 125 cm³/mol. The van der Waals surface area contributed by atoms with Gasteiger partial charge in [0.1, 0.15) is 11.6 Å². The lowest BCUT2D eigenvalue weighted by Gasteiger charge is -2.39. The zero-order valence-corrected chi connectivity index (χ0v) is 19.5. The van der Waals surface area contributed by atoms with Crippen molar-refractivity contribution >= 4 is 28.4 Å². The van der Waals surface area contributed by atoms with Crippen molar-refractivity contribution in [2.24, 2.45) is 0 Å². The molecule has 11 heteroatoms. The molecule has 180 valence electrons. The summed E-state index contributed by atoms with van der Waals surface area (Å²) in [7, 11) is 1.62. The number of hydrogen-bond donors (Lipinski definition) is 1. The van der Waals surface area contributed by atoms with Crippen molar-refractivity contribution in [3.8, 4) is 5.75 Å². The molecule has 1 saturated heterocycles. The quantitative estimate of drug-likeness (QED) is 0.550. The first-order chi connectivity index (χ1) is 16.2. The number of ether oxygens (including phenoxy) is 1. The number of alkyl halides is 3. The molecular weight excluding hydrogens is 467 g/mol. The molecule has 1 N–H and O–H groups in total. The average Bonchev–Trinajstić information content (AvgIpc) is 3.27. The van der Waals surface area contributed by atoms with E-state index in [0.29, 0.717) is 31.9 Å². The Kier molecular flexibility index (Phi) is 6.92. The molecule has 1 unspecified atom stereocenters. The number of aromatic nitrogens is 2. The van der Waals surface area contributed by atoms with Crippen molar-refractivity contribution in [3.63, 3.8) is 0 Å². The highest BCUT2D eigenvalue weighted by molar-refractivity contribution is 7.09. The number of carbonyl (C=O) groups excluding carboxylic acids is 1. The Labute approximate surface area is 199 Å². The van der Waals surface area contributed by atoms with Gasteiger partial charge in [0.15, 0.2) is 0 Å². The van der Waals surface area contributed by atoms with E-state index >= 15 is 0 Å². The minimum absolute atomic E-state index is 0.112. The molecule has 2 amide bonds. The summed E-state index contributed by atoms with van der Waals surface area (Å²) in [6.07, 6.45) is -3.88. The summed E-state index contributed by atoms with van der Waals surface area (Å²) in [6, 6.07) is 11.8. The number of rotatable bonds is 5. The fourth-order valence-electron chi connectivity index (χ4n) is 3.81. The maximum atomic E-state index is 12.9. The number of amides is 2. The first-order valence-electron chi connectivity index (χ1n) is 10.7. The Morgan fingerprint density at radius 3 is 2.74 bits per heavy atom. The summed E-state index contributed by atoms with van der Waals surface area (Å²) in [5, 5.41) is 3.36. The van der Waals surface area contributed by atoms with Gasteiger partial charge in [0.05, 0.1) is 12.7 Å². The first kappa shape index (κ1) is 23.8. The van der Waals surface area contributed by atoms with E-state index in [0.717, 1.165) is 28.6 Å². The Balaban J connectivity index is 1.36. The van der Waals surface area contributed by atoms with Crippen LogP contribution in [0.5, 0.6) is 5.75 Å². The standard InChI is InChI=1S/C23H24F3N5O2S/c1-15-14-30(22-28-20(29-34-22)12-16-5-3-8-19(11-16)33-2)9-10-31(15)21(32)27-18-7-4-6-17(13-18)23(24,25)26/h3-8,11,13,15H,9-10,12,14H2,1-2H3,(H,27,32). The van der Waals surface area contributed by atoms with E-state index in [2.05, 4.69) is 19.6 Å². The number of methoxy groups -OCH3 is 1. The monoisotopic (exact) mass is 491 g/mol. The molecule has 7 nitrogen and oxygen atoms in total. The molecule has 2 heterocycles. The highest BCUT2D eigenvalue weighted by atomic mass is 32.1. The minimum Gasteiger partial charge on any atom is -0.497 e. The highest BCUT2D eigenvalue weighted by Crippen LogP contribution is 2.31. The van der Waals surface area contributed by atoms with Crippen LogP contribution < -0.4 is 15.0 Å². The van der Waals surface area contributed by atoms with Gasteiger partial charge < -0.3 is 19.9 Å². The Morgan fingerprint density at radius 2 is 2.00 bits per heavy atom. The van der Waals surface area contributed by atoms with Gasteiger partial charge in [0.2, 0.25) is 5.13 Å². The fourth-order valence-corrected chi connectivity index (χ4v) is 4.53. The van der Waals surface area contributed by atoms with E-state index in [9.17, 15) is 18.0 Å². The zero-order valence-electron chi connectivity index (χ0n) is 18.7. The Morgan fingerprint density at radius 1 is 1.21 bits per heavy atom. The van der Waals surface area contributed by atoms with Crippen LogP contribution in [0.25, 0.3) is 0 Å². The molecule has 0 radical (unpaired) electrons. The normalized spacial score (nSPS) is 16.4. The number of carbonyl (C=O) groups is 1. The number of benzene rings is 2. The second-order valence-corrected chi connectivity index (χ2v) is 8.75. The molecule has 2 aromatic carbocycles. The zero-order chi connectivity index (χ0) is 24.3. The number of hydrogen-bond acceptors (Lipinski definition) is 6. The summed E-state index contributed by atoms with van der Waals surface area (Å²) in [6.45, 7) is 3.41. The summed E-state index contributed by atoms with van der Waals surface area (Å²) in [4.78, 5) is 21.1. The van der Waals surface area contributed by atoms with Crippen molar-refractivity contribution in [1.29, 1.82) is 0 Å². The SMILES string of the molecule is COc1cccc(Cc2nsc(N3CCN(C(=O)Nc4cccc(C(F)(F)F)c4)C(C)C3)n2)c1. The van der Waals surface area contributed by atoms with Crippen LogP contribution in [-0.2, 0) is 12.6 Å². The van der Waals surface area contributed by atoms with Crippen molar-refractivity contribution < 1.29 is 22.7 Å². The van der Waals surface area contributed by atoms with Gasteiger partial charge in [-0.05, 0) is 42.8 Å². The smallest absolute Gasteiger partial charge is 0.416 e. The molecule has 0 saturated carbocycles. The molecule has 0 spiro atoms. The van der Waals surface area contributed by atoms with Crippen molar-refractivity contribution in [2.75, 3.05) is 37.0 Å². The van der Waals surface area contributed by atoms with E-state index in [-0.39, 0.29) is 11.7 Å². The fraction of sp³-hybridized carbons (Fsp3) is 0.348. The lowest BCUT2D eigenvalue weighted by molar-refractivity contribution is -0.137. The van der Waals surface area contributed by atoms with E-state index in [4.69, 9.17) is 4.74 Å². The highest BCUT2D eigenvalue weighted by Gasteiger charge is 2.32. The number of nitrogens with one attached hydrogen (secondary N) is 1. The topological polar surface area (TPSA) is 70.6 Å². The first-order valence-corrected chi connectivity index (χ1v) is 11.5. The van der Waals surface area contributed by atoms with Crippen molar-refractivity contribution in [1.82, 2.24) is 14.3 Å².